The van der Waals surface area contributed by atoms with Gasteiger partial charge in [0.05, 0.1) is 11.5 Å². The van der Waals surface area contributed by atoms with Crippen LogP contribution in [0, 0.1) is 12.8 Å². The minimum Gasteiger partial charge on any atom is -0.385 e. The van der Waals surface area contributed by atoms with Crippen LogP contribution in [0.1, 0.15) is 29.3 Å². The molecule has 1 aromatic rings. The highest BCUT2D eigenvalue weighted by atomic mass is 32.2. The van der Waals surface area contributed by atoms with E-state index in [1.165, 1.54) is 0 Å². The third-order valence-electron chi connectivity index (χ3n) is 3.73. The van der Waals surface area contributed by atoms with Crippen LogP contribution in [0.3, 0.4) is 0 Å². The lowest BCUT2D eigenvalue weighted by molar-refractivity contribution is 0.0948. The molecule has 1 atom stereocenters. The van der Waals surface area contributed by atoms with Crippen molar-refractivity contribution in [3.05, 3.63) is 29.3 Å². The Bertz CT molecular complexity index is 626. The fourth-order valence-corrected chi connectivity index (χ4v) is 4.43. The molecular weight excluding hydrogens is 288 g/mol. The maximum Gasteiger partial charge on any atom is 0.251 e. The lowest BCUT2D eigenvalue weighted by Gasteiger charge is -2.12. The van der Waals surface area contributed by atoms with E-state index in [9.17, 15) is 13.2 Å². The van der Waals surface area contributed by atoms with Gasteiger partial charge in [0, 0.05) is 24.3 Å². The van der Waals surface area contributed by atoms with Crippen LogP contribution in [0.2, 0.25) is 0 Å². The van der Waals surface area contributed by atoms with Crippen LogP contribution in [-0.2, 0) is 9.84 Å². The van der Waals surface area contributed by atoms with Gasteiger partial charge in [-0.1, -0.05) is 0 Å². The second-order valence-electron chi connectivity index (χ2n) is 5.54. The molecule has 6 heteroatoms. The van der Waals surface area contributed by atoms with Crippen LogP contribution in [-0.4, -0.2) is 38.9 Å². The first kappa shape index (κ1) is 15.8. The van der Waals surface area contributed by atoms with E-state index < -0.39 is 9.84 Å². The fourth-order valence-electron chi connectivity index (χ4n) is 2.57. The molecular formula is C15H22N2O3S. The van der Waals surface area contributed by atoms with Gasteiger partial charge < -0.3 is 10.6 Å². The number of benzene rings is 1. The van der Waals surface area contributed by atoms with Gasteiger partial charge in [-0.15, -0.1) is 0 Å². The average Bonchev–Trinajstić information content (AvgIpc) is 2.78. The normalized spacial score (nSPS) is 20.2. The maximum atomic E-state index is 12.1. The van der Waals surface area contributed by atoms with Crippen molar-refractivity contribution in [3.63, 3.8) is 0 Å². The topological polar surface area (TPSA) is 75.3 Å². The summed E-state index contributed by atoms with van der Waals surface area (Å²) in [6, 6.07) is 5.53. The molecule has 1 unspecified atom stereocenters. The maximum absolute atomic E-state index is 12.1. The highest BCUT2D eigenvalue weighted by Gasteiger charge is 2.27. The molecule has 1 aliphatic rings. The van der Waals surface area contributed by atoms with Crippen molar-refractivity contribution in [2.75, 3.05) is 29.9 Å². The molecule has 116 valence electrons. The number of nitrogens with one attached hydrogen (secondary N) is 2. The molecule has 0 spiro atoms. The highest BCUT2D eigenvalue weighted by molar-refractivity contribution is 7.91. The highest BCUT2D eigenvalue weighted by Crippen LogP contribution is 2.18. The molecule has 1 aliphatic heterocycles. The van der Waals surface area contributed by atoms with Crippen LogP contribution in [0.5, 0.6) is 0 Å². The first-order valence-corrected chi connectivity index (χ1v) is 9.06. The average molecular weight is 310 g/mol. The first-order valence-electron chi connectivity index (χ1n) is 7.24. The number of hydrogen-bond donors (Lipinski definition) is 2. The minimum atomic E-state index is -2.89. The van der Waals surface area contributed by atoms with Crippen molar-refractivity contribution in [1.29, 1.82) is 0 Å². The number of carbonyl (C=O) groups excluding carboxylic acids is 1. The summed E-state index contributed by atoms with van der Waals surface area (Å²) in [7, 11) is -2.89. The Labute approximate surface area is 126 Å². The summed E-state index contributed by atoms with van der Waals surface area (Å²) in [5.41, 5.74) is 2.65. The summed E-state index contributed by atoms with van der Waals surface area (Å²) in [6.45, 7) is 5.24. The first-order chi connectivity index (χ1) is 9.91. The molecule has 1 amide bonds. The van der Waals surface area contributed by atoms with Gasteiger partial charge in [-0.2, -0.15) is 0 Å². The zero-order chi connectivity index (χ0) is 15.5. The van der Waals surface area contributed by atoms with Gasteiger partial charge in [0.25, 0.3) is 5.91 Å². The van der Waals surface area contributed by atoms with E-state index in [4.69, 9.17) is 0 Å². The third-order valence-corrected chi connectivity index (χ3v) is 5.57. The summed E-state index contributed by atoms with van der Waals surface area (Å²) < 4.78 is 22.8. The Morgan fingerprint density at radius 2 is 2.14 bits per heavy atom. The van der Waals surface area contributed by atoms with Crippen LogP contribution in [0.4, 0.5) is 5.69 Å². The van der Waals surface area contributed by atoms with E-state index >= 15 is 0 Å². The van der Waals surface area contributed by atoms with E-state index in [0.717, 1.165) is 17.8 Å². The Morgan fingerprint density at radius 3 is 2.71 bits per heavy atom. The van der Waals surface area contributed by atoms with Gasteiger partial charge in [0.15, 0.2) is 9.84 Å². The molecule has 0 radical (unpaired) electrons. The summed E-state index contributed by atoms with van der Waals surface area (Å²) in [5.74, 6) is 0.321. The van der Waals surface area contributed by atoms with E-state index in [2.05, 4.69) is 10.6 Å². The van der Waals surface area contributed by atoms with Crippen molar-refractivity contribution in [1.82, 2.24) is 5.32 Å². The molecule has 1 fully saturated rings. The molecule has 2 N–H and O–H groups in total. The van der Waals surface area contributed by atoms with Crippen molar-refractivity contribution >= 4 is 21.4 Å². The van der Waals surface area contributed by atoms with E-state index in [1.54, 1.807) is 6.07 Å². The monoisotopic (exact) mass is 310 g/mol. The molecule has 0 saturated carbocycles. The molecule has 2 rings (SSSR count). The Kier molecular flexibility index (Phi) is 4.88. The Morgan fingerprint density at radius 1 is 1.38 bits per heavy atom. The molecule has 0 aromatic heterocycles. The van der Waals surface area contributed by atoms with Crippen molar-refractivity contribution in [2.24, 2.45) is 5.92 Å². The number of hydrogen-bond acceptors (Lipinski definition) is 4. The summed E-state index contributed by atoms with van der Waals surface area (Å²) in [6.07, 6.45) is 0.640. The van der Waals surface area contributed by atoms with Crippen molar-refractivity contribution in [2.45, 2.75) is 20.3 Å². The predicted molar refractivity (Wildman–Crippen MR) is 84.4 cm³/mol. The largest absolute Gasteiger partial charge is 0.385 e. The van der Waals surface area contributed by atoms with Gasteiger partial charge >= 0.3 is 0 Å². The smallest absolute Gasteiger partial charge is 0.251 e. The minimum absolute atomic E-state index is 0.0427. The van der Waals surface area contributed by atoms with E-state index in [0.29, 0.717) is 18.5 Å². The van der Waals surface area contributed by atoms with Crippen LogP contribution >= 0.6 is 0 Å². The Balaban J connectivity index is 1.93. The second-order valence-corrected chi connectivity index (χ2v) is 7.77. The number of sulfone groups is 1. The van der Waals surface area contributed by atoms with Crippen molar-refractivity contribution < 1.29 is 13.2 Å². The molecule has 5 nitrogen and oxygen atoms in total. The lowest BCUT2D eigenvalue weighted by atomic mass is 10.1. The predicted octanol–water partition coefficient (Wildman–Crippen LogP) is 1.59. The standard InChI is InChI=1S/C15H22N2O3S/c1-3-16-14-5-4-13(8-11(14)2)15(18)17-9-12-6-7-21(19,20)10-12/h4-5,8,12,16H,3,6-7,9-10H2,1-2H3,(H,17,18). The van der Waals surface area contributed by atoms with Gasteiger partial charge in [0.1, 0.15) is 0 Å². The van der Waals surface area contributed by atoms with E-state index in [1.807, 2.05) is 26.0 Å². The fraction of sp³-hybridized carbons (Fsp3) is 0.533. The summed E-state index contributed by atoms with van der Waals surface area (Å²) in [4.78, 5) is 12.1. The second kappa shape index (κ2) is 6.47. The van der Waals surface area contributed by atoms with Crippen LogP contribution in [0.15, 0.2) is 18.2 Å². The van der Waals surface area contributed by atoms with Gasteiger partial charge in [-0.3, -0.25) is 4.79 Å². The number of carbonyl (C=O) groups is 1. The zero-order valence-corrected chi connectivity index (χ0v) is 13.3. The zero-order valence-electron chi connectivity index (χ0n) is 12.5. The summed E-state index contributed by atoms with van der Waals surface area (Å²) >= 11 is 0. The number of amides is 1. The molecule has 0 bridgehead atoms. The molecule has 21 heavy (non-hydrogen) atoms. The number of aryl methyl sites for hydroxylation is 1. The lowest BCUT2D eigenvalue weighted by Crippen LogP contribution is -2.29. The van der Waals surface area contributed by atoms with Crippen molar-refractivity contribution in [3.8, 4) is 0 Å². The van der Waals surface area contributed by atoms with Gasteiger partial charge in [0.2, 0.25) is 0 Å². The van der Waals surface area contributed by atoms with Gasteiger partial charge in [-0.25, -0.2) is 8.42 Å². The summed E-state index contributed by atoms with van der Waals surface area (Å²) in [5, 5.41) is 6.06. The molecule has 1 heterocycles. The number of anilines is 1. The number of rotatable bonds is 5. The SMILES string of the molecule is CCNc1ccc(C(=O)NCC2CCS(=O)(=O)C2)cc1C. The molecule has 0 aliphatic carbocycles. The van der Waals surface area contributed by atoms with Crippen LogP contribution < -0.4 is 10.6 Å². The van der Waals surface area contributed by atoms with E-state index in [-0.39, 0.29) is 23.3 Å². The molecule has 1 aromatic carbocycles. The quantitative estimate of drug-likeness (QED) is 0.866. The van der Waals surface area contributed by atoms with Crippen LogP contribution in [0.25, 0.3) is 0 Å². The van der Waals surface area contributed by atoms with Gasteiger partial charge in [-0.05, 0) is 49.9 Å². The molecule has 1 saturated heterocycles. The Hall–Kier alpha value is -1.56. The third kappa shape index (κ3) is 4.20.